The van der Waals surface area contributed by atoms with Crippen LogP contribution < -0.4 is 5.32 Å². The number of ether oxygens (including phenoxy) is 1. The fourth-order valence-corrected chi connectivity index (χ4v) is 4.57. The van der Waals surface area contributed by atoms with E-state index in [1.165, 1.54) is 4.31 Å². The van der Waals surface area contributed by atoms with Crippen LogP contribution in [0.5, 0.6) is 0 Å². The van der Waals surface area contributed by atoms with Gasteiger partial charge >= 0.3 is 0 Å². The van der Waals surface area contributed by atoms with Gasteiger partial charge in [0.05, 0.1) is 18.1 Å². The molecule has 0 atom stereocenters. The molecule has 3 rings (SSSR count). The topological polar surface area (TPSA) is 79.0 Å². The Kier molecular flexibility index (Phi) is 5.73. The second kappa shape index (κ2) is 7.82. The number of amides is 1. The van der Waals surface area contributed by atoms with Gasteiger partial charge in [0.2, 0.25) is 15.9 Å². The van der Waals surface area contributed by atoms with Gasteiger partial charge < -0.3 is 15.0 Å². The lowest BCUT2D eigenvalue weighted by Gasteiger charge is -2.28. The highest BCUT2D eigenvalue weighted by atomic mass is 32.2. The number of sulfonamides is 1. The summed E-state index contributed by atoms with van der Waals surface area (Å²) in [6, 6.07) is 6.41. The third kappa shape index (κ3) is 4.38. The molecule has 1 N–H and O–H groups in total. The minimum absolute atomic E-state index is 0.0110. The zero-order valence-corrected chi connectivity index (χ0v) is 15.3. The molecule has 1 amide bonds. The van der Waals surface area contributed by atoms with Crippen LogP contribution in [0.15, 0.2) is 29.2 Å². The summed E-state index contributed by atoms with van der Waals surface area (Å²) in [7, 11) is -1.44. The summed E-state index contributed by atoms with van der Waals surface area (Å²) in [5.41, 5.74) is 0.629. The van der Waals surface area contributed by atoms with Gasteiger partial charge in [-0.3, -0.25) is 4.79 Å². The summed E-state index contributed by atoms with van der Waals surface area (Å²) in [6.45, 7) is 3.44. The van der Waals surface area contributed by atoms with E-state index in [0.29, 0.717) is 32.0 Å². The van der Waals surface area contributed by atoms with Crippen molar-refractivity contribution in [3.05, 3.63) is 24.3 Å². The van der Waals surface area contributed by atoms with Crippen LogP contribution in [0.25, 0.3) is 0 Å². The van der Waals surface area contributed by atoms with Crippen molar-refractivity contribution in [2.24, 2.45) is 5.92 Å². The zero-order valence-electron chi connectivity index (χ0n) is 14.5. The zero-order chi connectivity index (χ0) is 17.9. The van der Waals surface area contributed by atoms with Crippen molar-refractivity contribution in [1.82, 2.24) is 9.21 Å². The van der Waals surface area contributed by atoms with Gasteiger partial charge in [-0.25, -0.2) is 8.42 Å². The molecule has 0 unspecified atom stereocenters. The van der Waals surface area contributed by atoms with Gasteiger partial charge in [-0.05, 0) is 57.2 Å². The first kappa shape index (κ1) is 18.3. The Bertz CT molecular complexity index is 691. The molecule has 0 spiro atoms. The van der Waals surface area contributed by atoms with Gasteiger partial charge in [0.1, 0.15) is 0 Å². The molecular weight excluding hydrogens is 342 g/mol. The third-order valence-electron chi connectivity index (χ3n) is 4.82. The quantitative estimate of drug-likeness (QED) is 0.859. The molecule has 0 saturated carbocycles. The normalized spacial score (nSPS) is 21.2. The molecular formula is C17H25N3O4S. The molecule has 0 radical (unpaired) electrons. The second-order valence-electron chi connectivity index (χ2n) is 6.61. The molecule has 2 fully saturated rings. The molecule has 1 aromatic rings. The molecule has 2 heterocycles. The number of morpholine rings is 1. The maximum absolute atomic E-state index is 12.6. The number of hydrogen-bond donors (Lipinski definition) is 1. The van der Waals surface area contributed by atoms with Crippen molar-refractivity contribution >= 4 is 21.6 Å². The lowest BCUT2D eigenvalue weighted by Crippen LogP contribution is -2.40. The number of nitrogens with zero attached hydrogens (tertiary/aromatic N) is 2. The Hall–Kier alpha value is -1.48. The van der Waals surface area contributed by atoms with E-state index in [2.05, 4.69) is 17.3 Å². The Morgan fingerprint density at radius 2 is 1.68 bits per heavy atom. The van der Waals surface area contributed by atoms with Crippen molar-refractivity contribution in [2.45, 2.75) is 17.7 Å². The van der Waals surface area contributed by atoms with Crippen LogP contribution in [0.1, 0.15) is 12.8 Å². The summed E-state index contributed by atoms with van der Waals surface area (Å²) >= 11 is 0. The molecule has 0 bridgehead atoms. The van der Waals surface area contributed by atoms with Crippen molar-refractivity contribution in [1.29, 1.82) is 0 Å². The number of rotatable bonds is 4. The van der Waals surface area contributed by atoms with Crippen molar-refractivity contribution in [3.8, 4) is 0 Å². The predicted octanol–water partition coefficient (Wildman–Crippen LogP) is 0.988. The number of nitrogens with one attached hydrogen (secondary N) is 1. The smallest absolute Gasteiger partial charge is 0.243 e. The Morgan fingerprint density at radius 3 is 2.28 bits per heavy atom. The van der Waals surface area contributed by atoms with Crippen molar-refractivity contribution in [2.75, 3.05) is 51.8 Å². The summed E-state index contributed by atoms with van der Waals surface area (Å²) in [6.07, 6.45) is 1.71. The third-order valence-corrected chi connectivity index (χ3v) is 6.73. The van der Waals surface area contributed by atoms with Gasteiger partial charge in [-0.1, -0.05) is 0 Å². The molecule has 138 valence electrons. The molecule has 7 nitrogen and oxygen atoms in total. The summed E-state index contributed by atoms with van der Waals surface area (Å²) in [5.74, 6) is 0.0323. The molecule has 2 saturated heterocycles. The van der Waals surface area contributed by atoms with E-state index in [1.54, 1.807) is 24.3 Å². The monoisotopic (exact) mass is 367 g/mol. The highest BCUT2D eigenvalue weighted by molar-refractivity contribution is 7.89. The van der Waals surface area contributed by atoms with Crippen LogP contribution >= 0.6 is 0 Å². The summed E-state index contributed by atoms with van der Waals surface area (Å²) in [5, 5.41) is 2.90. The number of piperidine rings is 1. The summed E-state index contributed by atoms with van der Waals surface area (Å²) < 4.78 is 31.8. The fraction of sp³-hybridized carbons (Fsp3) is 0.588. The first-order valence-corrected chi connectivity index (χ1v) is 10.1. The number of benzene rings is 1. The first-order chi connectivity index (χ1) is 12.0. The molecule has 1 aromatic carbocycles. The van der Waals surface area contributed by atoms with Crippen LogP contribution in [-0.4, -0.2) is 70.0 Å². The molecule has 8 heteroatoms. The van der Waals surface area contributed by atoms with E-state index >= 15 is 0 Å². The average molecular weight is 367 g/mol. The fourth-order valence-electron chi connectivity index (χ4n) is 3.16. The van der Waals surface area contributed by atoms with Crippen LogP contribution in [0, 0.1) is 5.92 Å². The molecule has 0 aromatic heterocycles. The van der Waals surface area contributed by atoms with Crippen LogP contribution in [0.3, 0.4) is 0 Å². The SMILES string of the molecule is CN1CCC(C(=O)Nc2ccc(S(=O)(=O)N3CCOCC3)cc2)CC1. The maximum atomic E-state index is 12.6. The highest BCUT2D eigenvalue weighted by Gasteiger charge is 2.27. The average Bonchev–Trinajstić information content (AvgIpc) is 2.63. The van der Waals surface area contributed by atoms with E-state index in [1.807, 2.05) is 0 Å². The number of hydrogen-bond acceptors (Lipinski definition) is 5. The van der Waals surface area contributed by atoms with E-state index in [0.717, 1.165) is 25.9 Å². The van der Waals surface area contributed by atoms with Gasteiger partial charge in [-0.15, -0.1) is 0 Å². The van der Waals surface area contributed by atoms with Crippen LogP contribution in [-0.2, 0) is 19.6 Å². The largest absolute Gasteiger partial charge is 0.379 e. The van der Waals surface area contributed by atoms with E-state index < -0.39 is 10.0 Å². The van der Waals surface area contributed by atoms with Crippen molar-refractivity contribution < 1.29 is 17.9 Å². The van der Waals surface area contributed by atoms with E-state index in [9.17, 15) is 13.2 Å². The standard InChI is InChI=1S/C17H25N3O4S/c1-19-8-6-14(7-9-19)17(21)18-15-2-4-16(5-3-15)25(22,23)20-10-12-24-13-11-20/h2-5,14H,6-13H2,1H3,(H,18,21). The predicted molar refractivity (Wildman–Crippen MR) is 94.9 cm³/mol. The van der Waals surface area contributed by atoms with Crippen molar-refractivity contribution in [3.63, 3.8) is 0 Å². The van der Waals surface area contributed by atoms with Crippen LogP contribution in [0.2, 0.25) is 0 Å². The number of carbonyl (C=O) groups excluding carboxylic acids is 1. The minimum atomic E-state index is -3.50. The summed E-state index contributed by atoms with van der Waals surface area (Å²) in [4.78, 5) is 14.8. The van der Waals surface area contributed by atoms with Gasteiger partial charge in [0.25, 0.3) is 0 Å². The lowest BCUT2D eigenvalue weighted by molar-refractivity contribution is -0.121. The first-order valence-electron chi connectivity index (χ1n) is 8.64. The Labute approximate surface area is 149 Å². The molecule has 25 heavy (non-hydrogen) atoms. The van der Waals surface area contributed by atoms with Gasteiger partial charge in [-0.2, -0.15) is 4.31 Å². The maximum Gasteiger partial charge on any atom is 0.243 e. The minimum Gasteiger partial charge on any atom is -0.379 e. The highest BCUT2D eigenvalue weighted by Crippen LogP contribution is 2.21. The number of likely N-dealkylation sites (tertiary alicyclic amines) is 1. The molecule has 2 aliphatic rings. The van der Waals surface area contributed by atoms with Gasteiger partial charge in [0.15, 0.2) is 0 Å². The number of carbonyl (C=O) groups is 1. The van der Waals surface area contributed by atoms with E-state index in [4.69, 9.17) is 4.74 Å². The molecule has 2 aliphatic heterocycles. The Balaban J connectivity index is 1.63. The van der Waals surface area contributed by atoms with Crippen LogP contribution in [0.4, 0.5) is 5.69 Å². The Morgan fingerprint density at radius 1 is 1.08 bits per heavy atom. The second-order valence-corrected chi connectivity index (χ2v) is 8.55. The van der Waals surface area contributed by atoms with E-state index in [-0.39, 0.29) is 16.7 Å². The lowest BCUT2D eigenvalue weighted by atomic mass is 9.96. The molecule has 0 aliphatic carbocycles. The van der Waals surface area contributed by atoms with Gasteiger partial charge in [0, 0.05) is 24.7 Å². The number of anilines is 1.